The SMILES string of the molecule is CCN1C(=O)N(Cc2ccccc2)C2(CCN(C(=O)c3ccc(C)s3)CC2)C1=O. The van der Waals surface area contributed by atoms with Gasteiger partial charge in [-0.15, -0.1) is 11.3 Å². The number of aryl methyl sites for hydroxylation is 1. The molecule has 2 aliphatic heterocycles. The molecular weight excluding hydrogens is 386 g/mol. The average Bonchev–Trinajstić information content (AvgIpc) is 3.25. The number of carbonyl (C=O) groups excluding carboxylic acids is 3. The highest BCUT2D eigenvalue weighted by Gasteiger charge is 2.57. The van der Waals surface area contributed by atoms with E-state index in [0.717, 1.165) is 15.3 Å². The minimum atomic E-state index is -0.856. The lowest BCUT2D eigenvalue weighted by Gasteiger charge is -2.42. The number of nitrogens with zero attached hydrogens (tertiary/aromatic N) is 3. The maximum Gasteiger partial charge on any atom is 0.327 e. The number of urea groups is 1. The molecule has 2 fully saturated rings. The van der Waals surface area contributed by atoms with E-state index in [2.05, 4.69) is 0 Å². The molecule has 0 radical (unpaired) electrons. The fraction of sp³-hybridized carbons (Fsp3) is 0.409. The van der Waals surface area contributed by atoms with Crippen LogP contribution in [0.15, 0.2) is 42.5 Å². The summed E-state index contributed by atoms with van der Waals surface area (Å²) in [5.41, 5.74) is 0.143. The van der Waals surface area contributed by atoms with Crippen molar-refractivity contribution in [3.8, 4) is 0 Å². The summed E-state index contributed by atoms with van der Waals surface area (Å²) in [6, 6.07) is 13.3. The monoisotopic (exact) mass is 411 g/mol. The van der Waals surface area contributed by atoms with Crippen LogP contribution in [0.1, 0.15) is 39.9 Å². The maximum atomic E-state index is 13.2. The summed E-state index contributed by atoms with van der Waals surface area (Å²) in [6.07, 6.45) is 0.939. The molecular formula is C22H25N3O3S. The number of piperidine rings is 1. The van der Waals surface area contributed by atoms with Crippen LogP contribution < -0.4 is 0 Å². The number of hydrogen-bond donors (Lipinski definition) is 0. The summed E-state index contributed by atoms with van der Waals surface area (Å²) in [7, 11) is 0. The third-order valence-electron chi connectivity index (χ3n) is 5.95. The van der Waals surface area contributed by atoms with E-state index in [9.17, 15) is 14.4 Å². The molecule has 1 spiro atoms. The van der Waals surface area contributed by atoms with Crippen molar-refractivity contribution in [3.05, 3.63) is 57.8 Å². The summed E-state index contributed by atoms with van der Waals surface area (Å²) in [4.78, 5) is 45.8. The first-order chi connectivity index (χ1) is 14.0. The van der Waals surface area contributed by atoms with Gasteiger partial charge in [0, 0.05) is 31.1 Å². The largest absolute Gasteiger partial charge is 0.338 e. The molecule has 1 aromatic heterocycles. The van der Waals surface area contributed by atoms with E-state index in [4.69, 9.17) is 0 Å². The van der Waals surface area contributed by atoms with Crippen LogP contribution in [0.25, 0.3) is 0 Å². The number of benzene rings is 1. The number of imide groups is 1. The van der Waals surface area contributed by atoms with Crippen molar-refractivity contribution in [1.82, 2.24) is 14.7 Å². The van der Waals surface area contributed by atoms with E-state index in [-0.39, 0.29) is 17.8 Å². The minimum Gasteiger partial charge on any atom is -0.338 e. The molecule has 152 valence electrons. The fourth-order valence-electron chi connectivity index (χ4n) is 4.31. The Morgan fingerprint density at radius 3 is 2.34 bits per heavy atom. The Morgan fingerprint density at radius 1 is 1.07 bits per heavy atom. The van der Waals surface area contributed by atoms with E-state index >= 15 is 0 Å². The van der Waals surface area contributed by atoms with Gasteiger partial charge in [0.05, 0.1) is 4.88 Å². The van der Waals surface area contributed by atoms with Crippen LogP contribution in [0.2, 0.25) is 0 Å². The Bertz CT molecular complexity index is 932. The molecule has 2 aliphatic rings. The first kappa shape index (κ1) is 19.6. The maximum absolute atomic E-state index is 13.2. The first-order valence-electron chi connectivity index (χ1n) is 9.99. The lowest BCUT2D eigenvalue weighted by atomic mass is 9.85. The van der Waals surface area contributed by atoms with Crippen LogP contribution in [0.4, 0.5) is 4.79 Å². The van der Waals surface area contributed by atoms with Crippen molar-refractivity contribution in [2.75, 3.05) is 19.6 Å². The normalized spacial score (nSPS) is 18.8. The van der Waals surface area contributed by atoms with Gasteiger partial charge in [-0.2, -0.15) is 0 Å². The summed E-state index contributed by atoms with van der Waals surface area (Å²) in [5.74, 6) is -0.114. The highest BCUT2D eigenvalue weighted by atomic mass is 32.1. The second-order valence-electron chi connectivity index (χ2n) is 7.64. The zero-order chi connectivity index (χ0) is 20.6. The summed E-state index contributed by atoms with van der Waals surface area (Å²) in [5, 5.41) is 0. The van der Waals surface area contributed by atoms with Crippen molar-refractivity contribution < 1.29 is 14.4 Å². The zero-order valence-electron chi connectivity index (χ0n) is 16.8. The molecule has 4 rings (SSSR count). The van der Waals surface area contributed by atoms with Gasteiger partial charge in [0.25, 0.3) is 11.8 Å². The Kier molecular flexibility index (Phi) is 5.17. The Balaban J connectivity index is 1.56. The number of hydrogen-bond acceptors (Lipinski definition) is 4. The quantitative estimate of drug-likeness (QED) is 0.724. The van der Waals surface area contributed by atoms with Crippen molar-refractivity contribution >= 4 is 29.2 Å². The third kappa shape index (κ3) is 3.33. The van der Waals surface area contributed by atoms with E-state index in [1.54, 1.807) is 4.90 Å². The second-order valence-corrected chi connectivity index (χ2v) is 8.93. The predicted octanol–water partition coefficient (Wildman–Crippen LogP) is 3.52. The first-order valence-corrected chi connectivity index (χ1v) is 10.8. The van der Waals surface area contributed by atoms with Crippen LogP contribution in [0.3, 0.4) is 0 Å². The molecule has 0 bridgehead atoms. The highest BCUT2D eigenvalue weighted by molar-refractivity contribution is 7.13. The molecule has 0 aliphatic carbocycles. The summed E-state index contributed by atoms with van der Waals surface area (Å²) in [6.45, 7) is 5.51. The van der Waals surface area contributed by atoms with E-state index in [1.807, 2.05) is 61.2 Å². The fourth-order valence-corrected chi connectivity index (χ4v) is 5.15. The van der Waals surface area contributed by atoms with Crippen molar-refractivity contribution in [2.24, 2.45) is 0 Å². The topological polar surface area (TPSA) is 60.9 Å². The molecule has 0 atom stereocenters. The van der Waals surface area contributed by atoms with Gasteiger partial charge in [0.1, 0.15) is 5.54 Å². The highest BCUT2D eigenvalue weighted by Crippen LogP contribution is 2.38. The van der Waals surface area contributed by atoms with Crippen LogP contribution in [0, 0.1) is 6.92 Å². The number of likely N-dealkylation sites (N-methyl/N-ethyl adjacent to an activating group) is 1. The molecule has 2 aromatic rings. The lowest BCUT2D eigenvalue weighted by molar-refractivity contribution is -0.135. The Morgan fingerprint density at radius 2 is 1.76 bits per heavy atom. The summed E-state index contributed by atoms with van der Waals surface area (Å²) < 4.78 is 0. The number of rotatable bonds is 4. The Hall–Kier alpha value is -2.67. The zero-order valence-corrected chi connectivity index (χ0v) is 17.6. The Labute approximate surface area is 174 Å². The number of likely N-dealkylation sites (tertiary alicyclic amines) is 1. The van der Waals surface area contributed by atoms with E-state index in [0.29, 0.717) is 39.0 Å². The van der Waals surface area contributed by atoms with Gasteiger partial charge in [-0.25, -0.2) is 4.79 Å². The van der Waals surface area contributed by atoms with Gasteiger partial charge in [-0.05, 0) is 44.4 Å². The second kappa shape index (κ2) is 7.63. The van der Waals surface area contributed by atoms with Gasteiger partial charge in [-0.1, -0.05) is 30.3 Å². The van der Waals surface area contributed by atoms with Crippen molar-refractivity contribution in [1.29, 1.82) is 0 Å². The number of amides is 4. The number of carbonyl (C=O) groups is 3. The van der Waals surface area contributed by atoms with Crippen LogP contribution in [0.5, 0.6) is 0 Å². The summed E-state index contributed by atoms with van der Waals surface area (Å²) >= 11 is 1.49. The van der Waals surface area contributed by atoms with Gasteiger partial charge in [-0.3, -0.25) is 14.5 Å². The van der Waals surface area contributed by atoms with E-state index < -0.39 is 5.54 Å². The van der Waals surface area contributed by atoms with Crippen LogP contribution >= 0.6 is 11.3 Å². The molecule has 6 nitrogen and oxygen atoms in total. The van der Waals surface area contributed by atoms with E-state index in [1.165, 1.54) is 16.2 Å². The average molecular weight is 412 g/mol. The molecule has 0 N–H and O–H groups in total. The van der Waals surface area contributed by atoms with Gasteiger partial charge >= 0.3 is 6.03 Å². The molecule has 29 heavy (non-hydrogen) atoms. The third-order valence-corrected chi connectivity index (χ3v) is 6.94. The molecule has 0 saturated carbocycles. The molecule has 1 aromatic carbocycles. The molecule has 0 unspecified atom stereocenters. The van der Waals surface area contributed by atoms with Gasteiger partial charge in [0.15, 0.2) is 0 Å². The van der Waals surface area contributed by atoms with Crippen LogP contribution in [-0.2, 0) is 11.3 Å². The lowest BCUT2D eigenvalue weighted by Crippen LogP contribution is -2.57. The smallest absolute Gasteiger partial charge is 0.327 e. The predicted molar refractivity (Wildman–Crippen MR) is 112 cm³/mol. The molecule has 7 heteroatoms. The minimum absolute atomic E-state index is 0.0108. The van der Waals surface area contributed by atoms with Crippen molar-refractivity contribution in [3.63, 3.8) is 0 Å². The standard InChI is InChI=1S/C22H25N3O3S/c1-3-24-20(27)22(25(21(24)28)15-17-7-5-4-6-8-17)11-13-23(14-12-22)19(26)18-10-9-16(2)29-18/h4-10H,3,11-15H2,1-2H3. The number of thiophene rings is 1. The van der Waals surface area contributed by atoms with Gasteiger partial charge in [0.2, 0.25) is 0 Å². The van der Waals surface area contributed by atoms with Crippen LogP contribution in [-0.4, -0.2) is 57.7 Å². The molecule has 3 heterocycles. The van der Waals surface area contributed by atoms with Crippen molar-refractivity contribution in [2.45, 2.75) is 38.8 Å². The van der Waals surface area contributed by atoms with Gasteiger partial charge < -0.3 is 9.80 Å². The molecule has 4 amide bonds. The molecule has 2 saturated heterocycles.